The first-order chi connectivity index (χ1) is 6.35. The van der Waals surface area contributed by atoms with E-state index in [9.17, 15) is 0 Å². The largest absolute Gasteiger partial charge is 0.375 e. The van der Waals surface area contributed by atoms with Crippen LogP contribution in [0.25, 0.3) is 0 Å². The van der Waals surface area contributed by atoms with Gasteiger partial charge in [-0.25, -0.2) is 0 Å². The molecule has 2 N–H and O–H groups in total. The van der Waals surface area contributed by atoms with E-state index in [0.29, 0.717) is 0 Å². The zero-order valence-corrected chi connectivity index (χ0v) is 9.97. The van der Waals surface area contributed by atoms with Gasteiger partial charge in [-0.1, -0.05) is 6.92 Å². The van der Waals surface area contributed by atoms with Gasteiger partial charge in [-0.2, -0.15) is 0 Å². The Morgan fingerprint density at radius 3 is 2.36 bits per heavy atom. The van der Waals surface area contributed by atoms with E-state index >= 15 is 0 Å². The molecule has 14 heavy (non-hydrogen) atoms. The molecular weight excluding hydrogens is 176 g/mol. The van der Waals surface area contributed by atoms with Gasteiger partial charge in [0, 0.05) is 25.2 Å². The Bertz CT molecular complexity index is 180. The second-order valence-electron chi connectivity index (χ2n) is 5.39. The van der Waals surface area contributed by atoms with Crippen molar-refractivity contribution in [1.29, 1.82) is 0 Å². The minimum Gasteiger partial charge on any atom is -0.375 e. The minimum absolute atomic E-state index is 0.0184. The van der Waals surface area contributed by atoms with Crippen molar-refractivity contribution in [1.82, 2.24) is 4.90 Å². The van der Waals surface area contributed by atoms with Crippen molar-refractivity contribution in [2.75, 3.05) is 26.2 Å². The maximum Gasteiger partial charge on any atom is 0.0600 e. The predicted molar refractivity (Wildman–Crippen MR) is 59.4 cm³/mol. The Balaban J connectivity index is 2.07. The van der Waals surface area contributed by atoms with Crippen LogP contribution in [0, 0.1) is 0 Å². The first kappa shape index (κ1) is 12.0. The van der Waals surface area contributed by atoms with Crippen molar-refractivity contribution in [2.45, 2.75) is 45.3 Å². The van der Waals surface area contributed by atoms with Crippen LogP contribution in [0.5, 0.6) is 0 Å². The monoisotopic (exact) mass is 200 g/mol. The van der Waals surface area contributed by atoms with Gasteiger partial charge in [0.2, 0.25) is 0 Å². The Morgan fingerprint density at radius 2 is 1.93 bits per heavy atom. The molecule has 0 atom stereocenters. The van der Waals surface area contributed by atoms with Gasteiger partial charge in [0.25, 0.3) is 0 Å². The van der Waals surface area contributed by atoms with Gasteiger partial charge in [-0.05, 0) is 27.2 Å². The van der Waals surface area contributed by atoms with Crippen LogP contribution in [-0.4, -0.2) is 42.3 Å². The van der Waals surface area contributed by atoms with Crippen molar-refractivity contribution in [3.8, 4) is 0 Å². The van der Waals surface area contributed by atoms with Crippen molar-refractivity contribution >= 4 is 0 Å². The molecule has 1 saturated heterocycles. The zero-order valence-electron chi connectivity index (χ0n) is 9.97. The molecule has 3 heteroatoms. The van der Waals surface area contributed by atoms with E-state index < -0.39 is 0 Å². The van der Waals surface area contributed by atoms with E-state index in [1.807, 2.05) is 0 Å². The zero-order chi connectivity index (χ0) is 10.8. The fraction of sp³-hybridized carbons (Fsp3) is 1.00. The van der Waals surface area contributed by atoms with E-state index in [1.165, 1.54) is 0 Å². The number of ether oxygens (including phenoxy) is 1. The summed E-state index contributed by atoms with van der Waals surface area (Å²) in [5.74, 6) is 0. The topological polar surface area (TPSA) is 38.5 Å². The van der Waals surface area contributed by atoms with E-state index in [-0.39, 0.29) is 11.1 Å². The van der Waals surface area contributed by atoms with Gasteiger partial charge in [-0.3, -0.25) is 4.90 Å². The number of likely N-dealkylation sites (tertiary alicyclic amines) is 1. The molecule has 1 fully saturated rings. The van der Waals surface area contributed by atoms with Crippen LogP contribution in [0.3, 0.4) is 0 Å². The quantitative estimate of drug-likeness (QED) is 0.741. The van der Waals surface area contributed by atoms with Crippen LogP contribution in [-0.2, 0) is 4.74 Å². The van der Waals surface area contributed by atoms with Gasteiger partial charge in [0.1, 0.15) is 0 Å². The third-order valence-electron chi connectivity index (χ3n) is 2.72. The molecule has 0 unspecified atom stereocenters. The highest BCUT2D eigenvalue weighted by Crippen LogP contribution is 2.20. The Kier molecular flexibility index (Phi) is 3.56. The normalized spacial score (nSPS) is 22.1. The van der Waals surface area contributed by atoms with E-state index in [0.717, 1.165) is 32.7 Å². The number of hydrogen-bond donors (Lipinski definition) is 1. The van der Waals surface area contributed by atoms with Crippen LogP contribution < -0.4 is 5.73 Å². The first-order valence-corrected chi connectivity index (χ1v) is 5.50. The molecule has 3 nitrogen and oxygen atoms in total. The Hall–Kier alpha value is -0.120. The molecule has 0 aromatic heterocycles. The summed E-state index contributed by atoms with van der Waals surface area (Å²) in [5, 5.41) is 0. The summed E-state index contributed by atoms with van der Waals surface area (Å²) in [6.45, 7) is 12.3. The van der Waals surface area contributed by atoms with E-state index in [2.05, 4.69) is 32.6 Å². The highest BCUT2D eigenvalue weighted by molar-refractivity contribution is 4.98. The van der Waals surface area contributed by atoms with E-state index in [4.69, 9.17) is 10.5 Å². The third-order valence-corrected chi connectivity index (χ3v) is 2.72. The second-order valence-corrected chi connectivity index (χ2v) is 5.39. The number of nitrogens with two attached hydrogens (primary N) is 1. The summed E-state index contributed by atoms with van der Waals surface area (Å²) in [4.78, 5) is 2.36. The van der Waals surface area contributed by atoms with E-state index in [1.54, 1.807) is 0 Å². The third kappa shape index (κ3) is 3.56. The Morgan fingerprint density at radius 1 is 1.36 bits per heavy atom. The molecule has 84 valence electrons. The lowest BCUT2D eigenvalue weighted by Gasteiger charge is -2.47. The van der Waals surface area contributed by atoms with Crippen LogP contribution in [0.4, 0.5) is 0 Å². The summed E-state index contributed by atoms with van der Waals surface area (Å²) in [6.07, 6.45) is 1.07. The fourth-order valence-electron chi connectivity index (χ4n) is 1.71. The number of hydrogen-bond acceptors (Lipinski definition) is 3. The molecule has 0 aliphatic carbocycles. The molecule has 1 rings (SSSR count). The molecule has 1 heterocycles. The maximum absolute atomic E-state index is 6.07. The van der Waals surface area contributed by atoms with Gasteiger partial charge >= 0.3 is 0 Å². The lowest BCUT2D eigenvalue weighted by atomic mass is 9.88. The van der Waals surface area contributed by atoms with Crippen molar-refractivity contribution in [3.63, 3.8) is 0 Å². The molecule has 0 amide bonds. The second kappa shape index (κ2) is 4.17. The Labute approximate surface area is 87.6 Å². The molecule has 0 saturated carbocycles. The summed E-state index contributed by atoms with van der Waals surface area (Å²) in [5.41, 5.74) is 6.13. The fourth-order valence-corrected chi connectivity index (χ4v) is 1.71. The van der Waals surface area contributed by atoms with Crippen LogP contribution in [0.1, 0.15) is 34.1 Å². The molecule has 1 aliphatic rings. The predicted octanol–water partition coefficient (Wildman–Crippen LogP) is 1.22. The van der Waals surface area contributed by atoms with Gasteiger partial charge in [0.05, 0.1) is 12.2 Å². The first-order valence-electron chi connectivity index (χ1n) is 5.50. The average Bonchev–Trinajstić information content (AvgIpc) is 1.98. The number of rotatable bonds is 4. The van der Waals surface area contributed by atoms with Crippen LogP contribution >= 0.6 is 0 Å². The molecular formula is C11H24N2O. The molecule has 0 aromatic rings. The summed E-state index contributed by atoms with van der Waals surface area (Å²) in [6, 6.07) is 0. The molecule has 0 bridgehead atoms. The highest BCUT2D eigenvalue weighted by Gasteiger charge is 2.37. The summed E-state index contributed by atoms with van der Waals surface area (Å²) < 4.78 is 5.66. The van der Waals surface area contributed by atoms with Crippen LogP contribution in [0.15, 0.2) is 0 Å². The summed E-state index contributed by atoms with van der Waals surface area (Å²) in [7, 11) is 0. The average molecular weight is 200 g/mol. The molecule has 0 radical (unpaired) electrons. The SMILES string of the molecule is CCC1(N)CN(CCOC(C)(C)C)C1. The minimum atomic E-state index is -0.0184. The van der Waals surface area contributed by atoms with Crippen molar-refractivity contribution in [3.05, 3.63) is 0 Å². The highest BCUT2D eigenvalue weighted by atomic mass is 16.5. The molecule has 0 spiro atoms. The van der Waals surface area contributed by atoms with Crippen molar-refractivity contribution in [2.24, 2.45) is 5.73 Å². The van der Waals surface area contributed by atoms with Crippen molar-refractivity contribution < 1.29 is 4.74 Å². The maximum atomic E-state index is 6.07. The lowest BCUT2D eigenvalue weighted by molar-refractivity contribution is -0.0322. The number of nitrogens with zero attached hydrogens (tertiary/aromatic N) is 1. The van der Waals surface area contributed by atoms with Gasteiger partial charge in [-0.15, -0.1) is 0 Å². The van der Waals surface area contributed by atoms with Crippen LogP contribution in [0.2, 0.25) is 0 Å². The molecule has 0 aromatic carbocycles. The lowest BCUT2D eigenvalue weighted by Crippen LogP contribution is -2.67. The van der Waals surface area contributed by atoms with Gasteiger partial charge < -0.3 is 10.5 Å². The van der Waals surface area contributed by atoms with Gasteiger partial charge in [0.15, 0.2) is 0 Å². The smallest absolute Gasteiger partial charge is 0.0600 e. The summed E-state index contributed by atoms with van der Waals surface area (Å²) >= 11 is 0. The molecule has 1 aliphatic heterocycles. The standard InChI is InChI=1S/C11H24N2O/c1-5-11(12)8-13(9-11)6-7-14-10(2,3)4/h5-9,12H2,1-4H3.